The second-order valence-electron chi connectivity index (χ2n) is 6.18. The molecule has 0 atom stereocenters. The quantitative estimate of drug-likeness (QED) is 0.557. The van der Waals surface area contributed by atoms with Crippen LogP contribution in [0.2, 0.25) is 0 Å². The standard InChI is InChI=1S/C19H20FN5O/c1-13(23-24-19-21-16-4-2-3-5-17(16)22-19)14-6-7-18(15(20)12-14)25-8-10-26-11-9-25/h2-7,12H,8-11H2,1H3,(H2,21,22,24)/b23-13-. The first-order chi connectivity index (χ1) is 12.7. The molecule has 1 fully saturated rings. The van der Waals surface area contributed by atoms with E-state index in [2.05, 4.69) is 20.5 Å². The number of fused-ring (bicyclic) bond motifs is 1. The summed E-state index contributed by atoms with van der Waals surface area (Å²) >= 11 is 0. The Kier molecular flexibility index (Phi) is 4.53. The fraction of sp³-hybridized carbons (Fsp3) is 0.263. The molecule has 1 saturated heterocycles. The Labute approximate surface area is 150 Å². The van der Waals surface area contributed by atoms with Crippen LogP contribution in [-0.2, 0) is 4.74 Å². The van der Waals surface area contributed by atoms with Crippen molar-refractivity contribution in [2.24, 2.45) is 5.10 Å². The summed E-state index contributed by atoms with van der Waals surface area (Å²) in [6.45, 7) is 4.50. The summed E-state index contributed by atoms with van der Waals surface area (Å²) < 4.78 is 19.8. The number of halogens is 1. The molecule has 2 N–H and O–H groups in total. The molecule has 2 aromatic carbocycles. The average molecular weight is 353 g/mol. The summed E-state index contributed by atoms with van der Waals surface area (Å²) in [6.07, 6.45) is 0. The van der Waals surface area contributed by atoms with Crippen LogP contribution in [-0.4, -0.2) is 42.0 Å². The van der Waals surface area contributed by atoms with Gasteiger partial charge in [0.05, 0.1) is 35.6 Å². The predicted molar refractivity (Wildman–Crippen MR) is 101 cm³/mol. The molecule has 0 saturated carbocycles. The van der Waals surface area contributed by atoms with Crippen molar-refractivity contribution in [3.05, 3.63) is 53.8 Å². The van der Waals surface area contributed by atoms with Gasteiger partial charge in [0.25, 0.3) is 0 Å². The summed E-state index contributed by atoms with van der Waals surface area (Å²) in [4.78, 5) is 9.55. The summed E-state index contributed by atoms with van der Waals surface area (Å²) in [5.74, 6) is 0.304. The third-order valence-corrected chi connectivity index (χ3v) is 4.44. The predicted octanol–water partition coefficient (Wildman–Crippen LogP) is 3.37. The van der Waals surface area contributed by atoms with Crippen LogP contribution in [0.1, 0.15) is 12.5 Å². The van der Waals surface area contributed by atoms with Gasteiger partial charge in [0.1, 0.15) is 5.82 Å². The molecule has 1 aliphatic heterocycles. The largest absolute Gasteiger partial charge is 0.378 e. The van der Waals surface area contributed by atoms with Crippen LogP contribution in [0.5, 0.6) is 0 Å². The van der Waals surface area contributed by atoms with Gasteiger partial charge in [0.15, 0.2) is 0 Å². The number of para-hydroxylation sites is 2. The summed E-state index contributed by atoms with van der Waals surface area (Å²) in [5, 5.41) is 4.32. The van der Waals surface area contributed by atoms with Crippen LogP contribution in [0.25, 0.3) is 11.0 Å². The minimum Gasteiger partial charge on any atom is -0.378 e. The van der Waals surface area contributed by atoms with E-state index in [0.717, 1.165) is 16.6 Å². The molecule has 26 heavy (non-hydrogen) atoms. The third kappa shape index (κ3) is 3.39. The second kappa shape index (κ2) is 7.13. The van der Waals surface area contributed by atoms with E-state index in [1.165, 1.54) is 6.07 Å². The highest BCUT2D eigenvalue weighted by Gasteiger charge is 2.15. The lowest BCUT2D eigenvalue weighted by Gasteiger charge is -2.29. The zero-order valence-electron chi connectivity index (χ0n) is 14.5. The number of nitrogens with one attached hydrogen (secondary N) is 2. The highest BCUT2D eigenvalue weighted by atomic mass is 19.1. The van der Waals surface area contributed by atoms with Crippen molar-refractivity contribution in [3.8, 4) is 0 Å². The molecule has 1 aliphatic rings. The molecule has 0 spiro atoms. The van der Waals surface area contributed by atoms with Crippen LogP contribution >= 0.6 is 0 Å². The summed E-state index contributed by atoms with van der Waals surface area (Å²) in [5.41, 5.74) is 6.71. The molecule has 0 unspecified atom stereocenters. The molecule has 1 aromatic heterocycles. The van der Waals surface area contributed by atoms with Crippen molar-refractivity contribution in [3.63, 3.8) is 0 Å². The number of imidazole rings is 1. The number of hydrazone groups is 1. The van der Waals surface area contributed by atoms with E-state index in [4.69, 9.17) is 4.74 Å². The van der Waals surface area contributed by atoms with Crippen LogP contribution in [0.3, 0.4) is 0 Å². The van der Waals surface area contributed by atoms with Crippen molar-refractivity contribution < 1.29 is 9.13 Å². The van der Waals surface area contributed by atoms with Crippen LogP contribution in [0, 0.1) is 5.82 Å². The van der Waals surface area contributed by atoms with Gasteiger partial charge in [-0.3, -0.25) is 0 Å². The molecule has 0 amide bonds. The molecule has 7 heteroatoms. The number of morpholine rings is 1. The maximum atomic E-state index is 14.5. The van der Waals surface area contributed by atoms with E-state index in [0.29, 0.717) is 43.7 Å². The number of H-pyrrole nitrogens is 1. The van der Waals surface area contributed by atoms with E-state index in [-0.39, 0.29) is 5.82 Å². The second-order valence-corrected chi connectivity index (χ2v) is 6.18. The number of aromatic nitrogens is 2. The number of hydrogen-bond acceptors (Lipinski definition) is 5. The Morgan fingerprint density at radius 2 is 2.04 bits per heavy atom. The molecule has 3 aromatic rings. The van der Waals surface area contributed by atoms with E-state index < -0.39 is 0 Å². The van der Waals surface area contributed by atoms with Crippen molar-refractivity contribution >= 4 is 28.4 Å². The lowest BCUT2D eigenvalue weighted by molar-refractivity contribution is 0.122. The molecule has 4 rings (SSSR count). The number of aromatic amines is 1. The van der Waals surface area contributed by atoms with E-state index >= 15 is 0 Å². The van der Waals surface area contributed by atoms with Crippen LogP contribution in [0.15, 0.2) is 47.6 Å². The molecular formula is C19H20FN5O. The van der Waals surface area contributed by atoms with Crippen molar-refractivity contribution in [1.29, 1.82) is 0 Å². The summed E-state index contributed by atoms with van der Waals surface area (Å²) in [6, 6.07) is 12.9. The maximum Gasteiger partial charge on any atom is 0.222 e. The molecule has 2 heterocycles. The number of nitrogens with zero attached hydrogens (tertiary/aromatic N) is 3. The number of rotatable bonds is 4. The van der Waals surface area contributed by atoms with Crippen LogP contribution < -0.4 is 10.3 Å². The Morgan fingerprint density at radius 3 is 2.81 bits per heavy atom. The van der Waals surface area contributed by atoms with Gasteiger partial charge in [-0.05, 0) is 31.2 Å². The third-order valence-electron chi connectivity index (χ3n) is 4.44. The van der Waals surface area contributed by atoms with Gasteiger partial charge in [-0.2, -0.15) is 5.10 Å². The minimum atomic E-state index is -0.248. The number of benzene rings is 2. The first kappa shape index (κ1) is 16.5. The lowest BCUT2D eigenvalue weighted by Crippen LogP contribution is -2.36. The monoisotopic (exact) mass is 353 g/mol. The van der Waals surface area contributed by atoms with Gasteiger partial charge in [-0.1, -0.05) is 18.2 Å². The van der Waals surface area contributed by atoms with E-state index in [9.17, 15) is 4.39 Å². The Balaban J connectivity index is 1.50. The molecule has 6 nitrogen and oxygen atoms in total. The van der Waals surface area contributed by atoms with Gasteiger partial charge >= 0.3 is 0 Å². The molecular weight excluding hydrogens is 333 g/mol. The Hall–Kier alpha value is -2.93. The maximum absolute atomic E-state index is 14.5. The molecule has 0 bridgehead atoms. The topological polar surface area (TPSA) is 65.5 Å². The lowest BCUT2D eigenvalue weighted by atomic mass is 10.1. The SMILES string of the molecule is C/C(=N/Nc1nc2ccccc2[nH]1)c1ccc(N2CCOCC2)c(F)c1. The average Bonchev–Trinajstić information content (AvgIpc) is 3.09. The highest BCUT2D eigenvalue weighted by Crippen LogP contribution is 2.22. The zero-order valence-corrected chi connectivity index (χ0v) is 14.5. The number of hydrogen-bond donors (Lipinski definition) is 2. The molecule has 0 aliphatic carbocycles. The van der Waals surface area contributed by atoms with E-state index in [1.807, 2.05) is 42.2 Å². The van der Waals surface area contributed by atoms with Crippen molar-refractivity contribution in [2.45, 2.75) is 6.92 Å². The van der Waals surface area contributed by atoms with Gasteiger partial charge in [0, 0.05) is 18.7 Å². The van der Waals surface area contributed by atoms with Gasteiger partial charge in [-0.25, -0.2) is 14.8 Å². The number of ether oxygens (including phenoxy) is 1. The fourth-order valence-electron chi connectivity index (χ4n) is 3.00. The normalized spacial score (nSPS) is 15.5. The van der Waals surface area contributed by atoms with Crippen LogP contribution in [0.4, 0.5) is 16.0 Å². The summed E-state index contributed by atoms with van der Waals surface area (Å²) in [7, 11) is 0. The Morgan fingerprint density at radius 1 is 1.23 bits per heavy atom. The Bertz CT molecular complexity index is 913. The van der Waals surface area contributed by atoms with E-state index in [1.54, 1.807) is 6.07 Å². The first-order valence-electron chi connectivity index (χ1n) is 8.58. The van der Waals surface area contributed by atoms with Crippen molar-refractivity contribution in [2.75, 3.05) is 36.6 Å². The van der Waals surface area contributed by atoms with Gasteiger partial charge < -0.3 is 14.6 Å². The van der Waals surface area contributed by atoms with Gasteiger partial charge in [-0.15, -0.1) is 0 Å². The smallest absolute Gasteiger partial charge is 0.222 e. The highest BCUT2D eigenvalue weighted by molar-refractivity contribution is 5.99. The minimum absolute atomic E-state index is 0.248. The zero-order chi connectivity index (χ0) is 17.9. The molecule has 0 radical (unpaired) electrons. The first-order valence-corrected chi connectivity index (χ1v) is 8.58. The number of anilines is 2. The van der Waals surface area contributed by atoms with Gasteiger partial charge in [0.2, 0.25) is 5.95 Å². The van der Waals surface area contributed by atoms with Crippen molar-refractivity contribution in [1.82, 2.24) is 9.97 Å². The molecule has 134 valence electrons. The fourth-order valence-corrected chi connectivity index (χ4v) is 3.00.